The number of carbonyl (C=O) groups is 1. The van der Waals surface area contributed by atoms with Crippen molar-refractivity contribution in [3.8, 4) is 5.75 Å². The molecular weight excluding hydrogens is 400 g/mol. The van der Waals surface area contributed by atoms with Gasteiger partial charge in [-0.25, -0.2) is 13.4 Å². The number of thiazole rings is 1. The van der Waals surface area contributed by atoms with E-state index in [1.54, 1.807) is 31.6 Å². The average Bonchev–Trinajstić information content (AvgIpc) is 3.08. The number of pyridine rings is 1. The van der Waals surface area contributed by atoms with Gasteiger partial charge >= 0.3 is 0 Å². The van der Waals surface area contributed by atoms with Crippen LogP contribution in [0.4, 0.5) is 5.13 Å². The van der Waals surface area contributed by atoms with Gasteiger partial charge in [0.15, 0.2) is 5.13 Å². The minimum absolute atomic E-state index is 0.237. The quantitative estimate of drug-likeness (QED) is 0.581. The molecule has 0 N–H and O–H groups in total. The van der Waals surface area contributed by atoms with Crippen molar-refractivity contribution in [1.82, 2.24) is 14.3 Å². The molecule has 0 fully saturated rings. The van der Waals surface area contributed by atoms with Crippen LogP contribution in [-0.4, -0.2) is 55.6 Å². The van der Waals surface area contributed by atoms with Crippen LogP contribution in [0.1, 0.15) is 5.56 Å². The smallest absolute Gasteiger partial charge is 0.244 e. The van der Waals surface area contributed by atoms with Crippen LogP contribution in [0, 0.1) is 0 Å². The molecule has 2 heterocycles. The van der Waals surface area contributed by atoms with E-state index < -0.39 is 10.0 Å². The number of methoxy groups -OCH3 is 1. The molecule has 0 radical (unpaired) electrons. The Morgan fingerprint density at radius 2 is 2.07 bits per heavy atom. The molecule has 0 atom stereocenters. The van der Waals surface area contributed by atoms with Crippen LogP contribution in [-0.2, 0) is 21.4 Å². The summed E-state index contributed by atoms with van der Waals surface area (Å²) in [7, 11) is -0.529. The number of nitrogens with zero attached hydrogens (tertiary/aromatic N) is 4. The molecule has 1 aromatic carbocycles. The Hall–Kier alpha value is -2.56. The van der Waals surface area contributed by atoms with Crippen molar-refractivity contribution in [1.29, 1.82) is 0 Å². The number of hydrogen-bond acceptors (Lipinski definition) is 7. The zero-order valence-corrected chi connectivity index (χ0v) is 17.3. The average molecular weight is 421 g/mol. The highest BCUT2D eigenvalue weighted by Gasteiger charge is 2.24. The van der Waals surface area contributed by atoms with Gasteiger partial charge in [0.2, 0.25) is 15.9 Å². The lowest BCUT2D eigenvalue weighted by Gasteiger charge is -2.22. The summed E-state index contributed by atoms with van der Waals surface area (Å²) in [4.78, 5) is 23.1. The molecule has 3 aromatic rings. The van der Waals surface area contributed by atoms with Crippen molar-refractivity contribution in [3.05, 3.63) is 48.3 Å². The number of ether oxygens (including phenoxy) is 1. The normalized spacial score (nSPS) is 11.7. The number of benzene rings is 1. The number of amides is 1. The molecule has 0 unspecified atom stereocenters. The van der Waals surface area contributed by atoms with E-state index in [9.17, 15) is 13.2 Å². The standard InChI is InChI=1S/C18H20N4O4S2/c1-21(28(3,24)25)12-17(23)22(11-13-5-4-8-19-10-13)18-20-15-9-14(26-2)6-7-16(15)27-18/h4-10H,11-12H2,1-3H3. The molecule has 2 aromatic heterocycles. The maximum Gasteiger partial charge on any atom is 0.244 e. The summed E-state index contributed by atoms with van der Waals surface area (Å²) in [5.74, 6) is 0.300. The van der Waals surface area contributed by atoms with Gasteiger partial charge in [-0.15, -0.1) is 0 Å². The van der Waals surface area contributed by atoms with E-state index in [4.69, 9.17) is 4.74 Å². The molecule has 0 aliphatic carbocycles. The van der Waals surface area contributed by atoms with Gasteiger partial charge in [-0.1, -0.05) is 17.4 Å². The van der Waals surface area contributed by atoms with Crippen molar-refractivity contribution in [2.75, 3.05) is 31.9 Å². The van der Waals surface area contributed by atoms with E-state index in [0.717, 1.165) is 20.8 Å². The highest BCUT2D eigenvalue weighted by Crippen LogP contribution is 2.32. The number of hydrogen-bond donors (Lipinski definition) is 0. The first-order valence-electron chi connectivity index (χ1n) is 8.33. The first-order valence-corrected chi connectivity index (χ1v) is 11.0. The van der Waals surface area contributed by atoms with E-state index in [2.05, 4.69) is 9.97 Å². The Bertz CT molecular complexity index is 1080. The fourth-order valence-electron chi connectivity index (χ4n) is 2.47. The molecule has 1 amide bonds. The number of fused-ring (bicyclic) bond motifs is 1. The van der Waals surface area contributed by atoms with Crippen LogP contribution in [0.15, 0.2) is 42.7 Å². The van der Waals surface area contributed by atoms with Crippen molar-refractivity contribution in [2.24, 2.45) is 0 Å². The number of carbonyl (C=O) groups excluding carboxylic acids is 1. The number of likely N-dealkylation sites (N-methyl/N-ethyl adjacent to an activating group) is 1. The fourth-order valence-corrected chi connectivity index (χ4v) is 3.77. The molecule has 148 valence electrons. The van der Waals surface area contributed by atoms with E-state index in [1.165, 1.54) is 23.3 Å². The van der Waals surface area contributed by atoms with E-state index in [1.807, 2.05) is 18.2 Å². The molecule has 28 heavy (non-hydrogen) atoms. The summed E-state index contributed by atoms with van der Waals surface area (Å²) in [6.07, 6.45) is 4.38. The lowest BCUT2D eigenvalue weighted by Crippen LogP contribution is -2.40. The fraction of sp³-hybridized carbons (Fsp3) is 0.278. The van der Waals surface area contributed by atoms with Gasteiger partial charge in [0.05, 0.1) is 36.7 Å². The number of anilines is 1. The van der Waals surface area contributed by atoms with Crippen LogP contribution in [0.25, 0.3) is 10.2 Å². The minimum Gasteiger partial charge on any atom is -0.497 e. The SMILES string of the molecule is COc1ccc2sc(N(Cc3cccnc3)C(=O)CN(C)S(C)(=O)=O)nc2c1. The Morgan fingerprint density at radius 1 is 1.29 bits per heavy atom. The van der Waals surface area contributed by atoms with Crippen molar-refractivity contribution >= 4 is 42.6 Å². The predicted octanol–water partition coefficient (Wildman–Crippen LogP) is 2.12. The Balaban J connectivity index is 1.96. The second-order valence-electron chi connectivity index (χ2n) is 6.19. The first kappa shape index (κ1) is 20.2. The Labute approximate surface area is 167 Å². The molecule has 0 aliphatic heterocycles. The topological polar surface area (TPSA) is 92.7 Å². The largest absolute Gasteiger partial charge is 0.497 e. The highest BCUT2D eigenvalue weighted by atomic mass is 32.2. The number of aromatic nitrogens is 2. The maximum atomic E-state index is 12.9. The zero-order valence-electron chi connectivity index (χ0n) is 15.7. The lowest BCUT2D eigenvalue weighted by atomic mass is 10.2. The zero-order chi connectivity index (χ0) is 20.3. The molecule has 0 aliphatic rings. The van der Waals surface area contributed by atoms with Crippen LogP contribution < -0.4 is 9.64 Å². The van der Waals surface area contributed by atoms with Gasteiger partial charge in [0, 0.05) is 25.5 Å². The van der Waals surface area contributed by atoms with Crippen molar-refractivity contribution in [3.63, 3.8) is 0 Å². The summed E-state index contributed by atoms with van der Waals surface area (Å²) >= 11 is 1.36. The molecule has 10 heteroatoms. The van der Waals surface area contributed by atoms with Crippen LogP contribution >= 0.6 is 11.3 Å². The predicted molar refractivity (Wildman–Crippen MR) is 109 cm³/mol. The van der Waals surface area contributed by atoms with Gasteiger partial charge < -0.3 is 4.74 Å². The lowest BCUT2D eigenvalue weighted by molar-refractivity contribution is -0.118. The van der Waals surface area contributed by atoms with Gasteiger partial charge in [0.25, 0.3) is 0 Å². The number of sulfonamides is 1. The minimum atomic E-state index is -3.48. The molecule has 0 bridgehead atoms. The second-order valence-corrected chi connectivity index (χ2v) is 9.29. The summed E-state index contributed by atoms with van der Waals surface area (Å²) in [6.45, 7) is -0.0421. The van der Waals surface area contributed by atoms with Gasteiger partial charge in [-0.05, 0) is 23.8 Å². The van der Waals surface area contributed by atoms with Crippen LogP contribution in [0.3, 0.4) is 0 Å². The Kier molecular flexibility index (Phi) is 5.92. The van der Waals surface area contributed by atoms with E-state index in [0.29, 0.717) is 16.4 Å². The summed E-state index contributed by atoms with van der Waals surface area (Å²) in [5, 5.41) is 0.485. The first-order chi connectivity index (χ1) is 13.3. The van der Waals surface area contributed by atoms with Crippen molar-refractivity contribution in [2.45, 2.75) is 6.54 Å². The van der Waals surface area contributed by atoms with Gasteiger partial charge in [-0.3, -0.25) is 14.7 Å². The highest BCUT2D eigenvalue weighted by molar-refractivity contribution is 7.88. The third-order valence-corrected chi connectivity index (χ3v) is 6.42. The molecule has 0 spiro atoms. The second kappa shape index (κ2) is 8.21. The summed E-state index contributed by atoms with van der Waals surface area (Å²) in [6, 6.07) is 9.14. The van der Waals surface area contributed by atoms with Crippen LogP contribution in [0.2, 0.25) is 0 Å². The van der Waals surface area contributed by atoms with Crippen LogP contribution in [0.5, 0.6) is 5.75 Å². The van der Waals surface area contributed by atoms with Gasteiger partial charge in [0.1, 0.15) is 5.75 Å². The van der Waals surface area contributed by atoms with E-state index in [-0.39, 0.29) is 19.0 Å². The maximum absolute atomic E-state index is 12.9. The van der Waals surface area contributed by atoms with E-state index >= 15 is 0 Å². The summed E-state index contributed by atoms with van der Waals surface area (Å²) in [5.41, 5.74) is 1.52. The monoisotopic (exact) mass is 420 g/mol. The molecule has 0 saturated heterocycles. The molecule has 0 saturated carbocycles. The third-order valence-electron chi connectivity index (χ3n) is 4.10. The van der Waals surface area contributed by atoms with Gasteiger partial charge in [-0.2, -0.15) is 4.31 Å². The molecule has 3 rings (SSSR count). The molecular formula is C18H20N4O4S2. The molecule has 8 nitrogen and oxygen atoms in total. The Morgan fingerprint density at radius 3 is 2.71 bits per heavy atom. The third kappa shape index (κ3) is 4.64. The van der Waals surface area contributed by atoms with Crippen molar-refractivity contribution < 1.29 is 17.9 Å². The number of rotatable bonds is 7. The summed E-state index contributed by atoms with van der Waals surface area (Å²) < 4.78 is 30.6.